The Bertz CT molecular complexity index is 514. The second-order valence-electron chi connectivity index (χ2n) is 5.05. The Morgan fingerprint density at radius 3 is 2.85 bits per heavy atom. The van der Waals surface area contributed by atoms with Crippen molar-refractivity contribution in [3.63, 3.8) is 0 Å². The quantitative estimate of drug-likeness (QED) is 0.829. The lowest BCUT2D eigenvalue weighted by Crippen LogP contribution is -2.43. The van der Waals surface area contributed by atoms with Gasteiger partial charge in [0.15, 0.2) is 0 Å². The van der Waals surface area contributed by atoms with Crippen molar-refractivity contribution >= 4 is 12.0 Å². The number of fused-ring (bicyclic) bond motifs is 1. The van der Waals surface area contributed by atoms with E-state index in [1.54, 1.807) is 17.0 Å². The first-order valence-electron chi connectivity index (χ1n) is 6.99. The number of urea groups is 1. The first-order valence-corrected chi connectivity index (χ1v) is 6.99. The van der Waals surface area contributed by atoms with Gasteiger partial charge in [0, 0.05) is 19.6 Å². The predicted molar refractivity (Wildman–Crippen MR) is 75.8 cm³/mol. The molecule has 5 nitrogen and oxygen atoms in total. The molecule has 0 unspecified atom stereocenters. The van der Waals surface area contributed by atoms with Crippen LogP contribution in [0.5, 0.6) is 0 Å². The molecule has 0 atom stereocenters. The molecule has 1 aromatic carbocycles. The standard InChI is InChI=1S/C15H20N2O3/c1-2-3-7-16-15(20)17-8-6-11-4-5-12(14(18)19)9-13(11)10-17/h4-5,9H,2-3,6-8,10H2,1H3,(H,16,20)(H,18,19). The fourth-order valence-electron chi connectivity index (χ4n) is 2.35. The van der Waals surface area contributed by atoms with Gasteiger partial charge >= 0.3 is 12.0 Å². The van der Waals surface area contributed by atoms with Gasteiger partial charge in [0.2, 0.25) is 0 Å². The van der Waals surface area contributed by atoms with Gasteiger partial charge in [-0.25, -0.2) is 9.59 Å². The average molecular weight is 276 g/mol. The maximum absolute atomic E-state index is 12.0. The number of hydrogen-bond acceptors (Lipinski definition) is 2. The van der Waals surface area contributed by atoms with E-state index >= 15 is 0 Å². The van der Waals surface area contributed by atoms with Gasteiger partial charge in [-0.15, -0.1) is 0 Å². The number of nitrogens with one attached hydrogen (secondary N) is 1. The lowest BCUT2D eigenvalue weighted by molar-refractivity contribution is 0.0696. The maximum Gasteiger partial charge on any atom is 0.335 e. The Labute approximate surface area is 118 Å². The zero-order valence-electron chi connectivity index (χ0n) is 11.7. The molecule has 2 amide bonds. The normalized spacial score (nSPS) is 13.8. The Morgan fingerprint density at radius 2 is 2.15 bits per heavy atom. The largest absolute Gasteiger partial charge is 0.478 e. The third kappa shape index (κ3) is 3.29. The summed E-state index contributed by atoms with van der Waals surface area (Å²) >= 11 is 0. The van der Waals surface area contributed by atoms with Crippen LogP contribution in [0.25, 0.3) is 0 Å². The van der Waals surface area contributed by atoms with Crippen molar-refractivity contribution in [3.05, 3.63) is 34.9 Å². The van der Waals surface area contributed by atoms with E-state index in [1.807, 2.05) is 6.07 Å². The van der Waals surface area contributed by atoms with Crippen molar-refractivity contribution < 1.29 is 14.7 Å². The maximum atomic E-state index is 12.0. The molecule has 1 heterocycles. The zero-order chi connectivity index (χ0) is 14.5. The second kappa shape index (κ2) is 6.41. The van der Waals surface area contributed by atoms with Crippen LogP contribution in [0.4, 0.5) is 4.79 Å². The Balaban J connectivity index is 2.03. The molecule has 1 aromatic rings. The van der Waals surface area contributed by atoms with E-state index in [-0.39, 0.29) is 11.6 Å². The number of nitrogens with zero attached hydrogens (tertiary/aromatic N) is 1. The molecular formula is C15H20N2O3. The summed E-state index contributed by atoms with van der Waals surface area (Å²) in [5.74, 6) is -0.933. The van der Waals surface area contributed by atoms with Crippen LogP contribution in [0.2, 0.25) is 0 Å². The molecule has 1 aliphatic heterocycles. The van der Waals surface area contributed by atoms with E-state index in [1.165, 1.54) is 0 Å². The molecule has 5 heteroatoms. The van der Waals surface area contributed by atoms with Crippen LogP contribution in [-0.4, -0.2) is 35.1 Å². The molecular weight excluding hydrogens is 256 g/mol. The van der Waals surface area contributed by atoms with Gasteiger partial charge < -0.3 is 15.3 Å². The van der Waals surface area contributed by atoms with E-state index in [0.29, 0.717) is 19.6 Å². The molecule has 0 spiro atoms. The van der Waals surface area contributed by atoms with Gasteiger partial charge in [0.25, 0.3) is 0 Å². The van der Waals surface area contributed by atoms with Crippen LogP contribution in [0.15, 0.2) is 18.2 Å². The summed E-state index contributed by atoms with van der Waals surface area (Å²) in [6, 6.07) is 5.08. The van der Waals surface area contributed by atoms with Gasteiger partial charge in [0.05, 0.1) is 5.56 Å². The third-order valence-electron chi connectivity index (χ3n) is 3.56. The highest BCUT2D eigenvalue weighted by Crippen LogP contribution is 2.20. The van der Waals surface area contributed by atoms with Gasteiger partial charge in [-0.1, -0.05) is 19.4 Å². The highest BCUT2D eigenvalue weighted by Gasteiger charge is 2.21. The van der Waals surface area contributed by atoms with Gasteiger partial charge in [-0.3, -0.25) is 0 Å². The Hall–Kier alpha value is -2.04. The highest BCUT2D eigenvalue weighted by molar-refractivity contribution is 5.88. The molecule has 0 bridgehead atoms. The molecule has 0 radical (unpaired) electrons. The number of carboxylic acids is 1. The number of unbranched alkanes of at least 4 members (excludes halogenated alkanes) is 1. The SMILES string of the molecule is CCCCNC(=O)N1CCc2ccc(C(=O)O)cc2C1. The van der Waals surface area contributed by atoms with Crippen molar-refractivity contribution in [2.45, 2.75) is 32.7 Å². The smallest absolute Gasteiger partial charge is 0.335 e. The van der Waals surface area contributed by atoms with Crippen molar-refractivity contribution in [1.29, 1.82) is 0 Å². The van der Waals surface area contributed by atoms with Crippen molar-refractivity contribution in [3.8, 4) is 0 Å². The van der Waals surface area contributed by atoms with E-state index < -0.39 is 5.97 Å². The number of aromatic carboxylic acids is 1. The van der Waals surface area contributed by atoms with E-state index in [9.17, 15) is 9.59 Å². The Morgan fingerprint density at radius 1 is 1.35 bits per heavy atom. The molecule has 0 saturated carbocycles. The molecule has 1 aliphatic rings. The molecule has 0 fully saturated rings. The fourth-order valence-corrected chi connectivity index (χ4v) is 2.35. The van der Waals surface area contributed by atoms with E-state index in [4.69, 9.17) is 5.11 Å². The number of carbonyl (C=O) groups excluding carboxylic acids is 1. The van der Waals surface area contributed by atoms with Gasteiger partial charge in [-0.05, 0) is 36.1 Å². The van der Waals surface area contributed by atoms with Crippen LogP contribution in [0, 0.1) is 0 Å². The van der Waals surface area contributed by atoms with Crippen LogP contribution in [0.3, 0.4) is 0 Å². The molecule has 20 heavy (non-hydrogen) atoms. The summed E-state index contributed by atoms with van der Waals surface area (Å²) in [7, 11) is 0. The third-order valence-corrected chi connectivity index (χ3v) is 3.56. The summed E-state index contributed by atoms with van der Waals surface area (Å²) in [5.41, 5.74) is 2.34. The van der Waals surface area contributed by atoms with Crippen molar-refractivity contribution in [2.24, 2.45) is 0 Å². The molecule has 0 aliphatic carbocycles. The minimum Gasteiger partial charge on any atom is -0.478 e. The average Bonchev–Trinajstić information content (AvgIpc) is 2.46. The topological polar surface area (TPSA) is 69.6 Å². The molecule has 0 saturated heterocycles. The van der Waals surface area contributed by atoms with Crippen LogP contribution in [0.1, 0.15) is 41.3 Å². The first-order chi connectivity index (χ1) is 9.61. The molecule has 2 N–H and O–H groups in total. The lowest BCUT2D eigenvalue weighted by Gasteiger charge is -2.29. The Kier molecular flexibility index (Phi) is 4.61. The van der Waals surface area contributed by atoms with E-state index in [0.717, 1.165) is 30.4 Å². The monoisotopic (exact) mass is 276 g/mol. The molecule has 108 valence electrons. The summed E-state index contributed by atoms with van der Waals surface area (Å²) in [6.45, 7) is 3.93. The number of amides is 2. The van der Waals surface area contributed by atoms with Crippen molar-refractivity contribution in [2.75, 3.05) is 13.1 Å². The predicted octanol–water partition coefficient (Wildman–Crippen LogP) is 2.25. The minimum absolute atomic E-state index is 0.0650. The molecule has 0 aromatic heterocycles. The highest BCUT2D eigenvalue weighted by atomic mass is 16.4. The first kappa shape index (κ1) is 14.4. The number of rotatable bonds is 4. The molecule has 2 rings (SSSR count). The summed E-state index contributed by atoms with van der Waals surface area (Å²) < 4.78 is 0. The zero-order valence-corrected chi connectivity index (χ0v) is 11.7. The van der Waals surface area contributed by atoms with Gasteiger partial charge in [-0.2, -0.15) is 0 Å². The van der Waals surface area contributed by atoms with Crippen LogP contribution < -0.4 is 5.32 Å². The van der Waals surface area contributed by atoms with Crippen molar-refractivity contribution in [1.82, 2.24) is 10.2 Å². The second-order valence-corrected chi connectivity index (χ2v) is 5.05. The summed E-state index contributed by atoms with van der Waals surface area (Å²) in [5, 5.41) is 11.9. The summed E-state index contributed by atoms with van der Waals surface area (Å²) in [6.07, 6.45) is 2.79. The number of benzene rings is 1. The number of carboxylic acid groups (broad SMARTS) is 1. The van der Waals surface area contributed by atoms with Gasteiger partial charge in [0.1, 0.15) is 0 Å². The number of hydrogen-bond donors (Lipinski definition) is 2. The van der Waals surface area contributed by atoms with E-state index in [2.05, 4.69) is 12.2 Å². The lowest BCUT2D eigenvalue weighted by atomic mass is 9.97. The van der Waals surface area contributed by atoms with Crippen LogP contribution >= 0.6 is 0 Å². The number of carbonyl (C=O) groups is 2. The minimum atomic E-state index is -0.933. The fraction of sp³-hybridized carbons (Fsp3) is 0.467. The van der Waals surface area contributed by atoms with Crippen LogP contribution in [-0.2, 0) is 13.0 Å². The summed E-state index contributed by atoms with van der Waals surface area (Å²) in [4.78, 5) is 24.7.